The molecule has 6 N–H and O–H groups in total. The van der Waals surface area contributed by atoms with Crippen LogP contribution in [0.15, 0.2) is 87.2 Å². The number of alkyl halides is 2. The second-order valence-electron chi connectivity index (χ2n) is 21.6. The molecule has 0 aliphatic heterocycles. The summed E-state index contributed by atoms with van der Waals surface area (Å²) in [5, 5.41) is 7.12. The fraction of sp³-hybridized carbons (Fsp3) is 0.421. The minimum atomic E-state index is -3.88. The van der Waals surface area contributed by atoms with Gasteiger partial charge in [-0.25, -0.2) is 0 Å². The van der Waals surface area contributed by atoms with Crippen LogP contribution >= 0.6 is 22.6 Å². The maximum absolute atomic E-state index is 16.2. The van der Waals surface area contributed by atoms with E-state index in [0.717, 1.165) is 32.8 Å². The van der Waals surface area contributed by atoms with Crippen molar-refractivity contribution in [2.45, 2.75) is 119 Å². The molecule has 0 amide bonds. The molecule has 1 atom stereocenters. The number of hydrogen-bond donors (Lipinski definition) is 6. The normalized spacial score (nSPS) is 15.6. The van der Waals surface area contributed by atoms with Gasteiger partial charge in [-0.3, -0.25) is 0 Å². The molecule has 0 spiro atoms. The molecule has 456 valence electrons. The van der Waals surface area contributed by atoms with Crippen LogP contribution in [0.2, 0.25) is 0 Å². The third-order valence-corrected chi connectivity index (χ3v) is 27.5. The number of rotatable bonds is 25. The van der Waals surface area contributed by atoms with E-state index in [1.165, 1.54) is 83.4 Å². The third-order valence-electron chi connectivity index (χ3n) is 15.7. The molecule has 3 aromatic heterocycles. The fourth-order valence-electron chi connectivity index (χ4n) is 10.2. The van der Waals surface area contributed by atoms with E-state index in [0.29, 0.717) is 80.5 Å². The van der Waals surface area contributed by atoms with Gasteiger partial charge in [0.2, 0.25) is 0 Å². The number of halogens is 6. The summed E-state index contributed by atoms with van der Waals surface area (Å²) in [4.78, 5) is 40.9. The number of aromatic nitrogens is 3. The van der Waals surface area contributed by atoms with Gasteiger partial charge in [-0.05, 0) is 22.6 Å². The van der Waals surface area contributed by atoms with Crippen LogP contribution in [-0.4, -0.2) is 63.6 Å². The Morgan fingerprint density at radius 2 is 0.952 bits per heavy atom. The molecule has 3 heterocycles. The molecule has 9 rings (SSSR count). The molecule has 84 heavy (non-hydrogen) atoms. The quantitative estimate of drug-likeness (QED) is 0.0271. The number of nitrogens with one attached hydrogen (secondary N) is 6. The minimum absolute atomic E-state index is 0.00708. The van der Waals surface area contributed by atoms with Gasteiger partial charge >= 0.3 is 504 Å². The standard InChI is InChI=1S/C57H67F3I3N9O9S3/c1-33(42-32-51(69-84(80,81)41-16-9-17-41)54(72(5)57(42)75)64-46-21-18-36(61)29-43(46)58)24-26-63-38-20-23-48(45(60)31-38)66-53-50(68-83(78,79)40-14-8-15-40)28-35(56(74)71(53)4)11-10-25-62-37-19-22-47(44(59)30-37)65-52-49(27-34(2)55(73)70(52)3)67-82(76,77)39-12-6-7-13-39/h18-23,27-33,39-41,64-69H,6-17,24-26H2,1-5H3/q-2. The Morgan fingerprint density at radius 3 is 1.42 bits per heavy atom. The summed E-state index contributed by atoms with van der Waals surface area (Å²) < 4.78 is 143. The Bertz CT molecular complexity index is 4040. The van der Waals surface area contributed by atoms with E-state index in [4.69, 9.17) is 0 Å². The summed E-state index contributed by atoms with van der Waals surface area (Å²) in [5.74, 6) is -1.92. The van der Waals surface area contributed by atoms with Crippen molar-refractivity contribution >= 4 is 104 Å². The van der Waals surface area contributed by atoms with Gasteiger partial charge in [0.15, 0.2) is 0 Å². The second kappa shape index (κ2) is 26.6. The van der Waals surface area contributed by atoms with Crippen LogP contribution in [-0.2, 0) is 57.6 Å². The van der Waals surface area contributed by atoms with Gasteiger partial charge < -0.3 is 0 Å². The average Bonchev–Trinajstić information content (AvgIpc) is 2.70. The number of benzene rings is 3. The van der Waals surface area contributed by atoms with Crippen LogP contribution in [0.25, 0.3) is 0 Å². The van der Waals surface area contributed by atoms with E-state index in [2.05, 4.69) is 30.1 Å². The molecule has 3 aliphatic rings. The van der Waals surface area contributed by atoms with Crippen LogP contribution in [0.1, 0.15) is 107 Å². The van der Waals surface area contributed by atoms with Gasteiger partial charge in [0, 0.05) is 0 Å². The molecule has 27 heteroatoms. The Hall–Kier alpha value is -4.86. The first kappa shape index (κ1) is 63.6. The molecule has 3 aliphatic carbocycles. The summed E-state index contributed by atoms with van der Waals surface area (Å²) in [6.45, 7) is 3.45. The van der Waals surface area contributed by atoms with Gasteiger partial charge in [0.05, 0.1) is 0 Å². The predicted molar refractivity (Wildman–Crippen MR) is 325 cm³/mol. The van der Waals surface area contributed by atoms with Crippen LogP contribution in [0.4, 0.5) is 64.7 Å². The van der Waals surface area contributed by atoms with E-state index in [9.17, 15) is 39.6 Å². The summed E-state index contributed by atoms with van der Waals surface area (Å²) in [5.41, 5.74) is 0.298. The maximum atomic E-state index is 16.2. The van der Waals surface area contributed by atoms with Gasteiger partial charge in [0.1, 0.15) is 0 Å². The average molecular weight is 1560 g/mol. The SMILES string of the molecule is Cc1cc(NS(=O)(=O)C2CCCC2)c(Nc2ccc([I-]CCCc3cc(NS(=O)(=O)C4CCC4)c(Nc4ccc([I-]CCC(C)c5cc(NS(=O)(=O)C6CCC6)c(Nc6ccc(I)cc6F)n(C)c5=O)cc4F)n(C)c3=O)cc2F)n(C)c1=O. The molecular formula is C57H67F3I3N9O9S3-2. The van der Waals surface area contributed by atoms with Gasteiger partial charge in [-0.1, -0.05) is 0 Å². The first-order chi connectivity index (χ1) is 39.8. The van der Waals surface area contributed by atoms with Crippen molar-refractivity contribution in [1.82, 2.24) is 13.7 Å². The molecule has 3 fully saturated rings. The Morgan fingerprint density at radius 1 is 0.536 bits per heavy atom. The predicted octanol–water partition coefficient (Wildman–Crippen LogP) is 3.96. The Labute approximate surface area is 521 Å². The molecule has 0 radical (unpaired) electrons. The van der Waals surface area contributed by atoms with Crippen molar-refractivity contribution in [2.24, 2.45) is 21.1 Å². The summed E-state index contributed by atoms with van der Waals surface area (Å²) >= 11 is 0.385. The van der Waals surface area contributed by atoms with Crippen molar-refractivity contribution < 1.29 is 80.8 Å². The summed E-state index contributed by atoms with van der Waals surface area (Å²) in [6, 6.07) is 18.4. The van der Waals surface area contributed by atoms with Crippen molar-refractivity contribution in [3.8, 4) is 0 Å². The second-order valence-corrected chi connectivity index (χ2v) is 34.9. The first-order valence-electron chi connectivity index (χ1n) is 27.6. The molecule has 0 bridgehead atoms. The molecular weight excluding hydrogens is 1490 g/mol. The van der Waals surface area contributed by atoms with Crippen molar-refractivity contribution in [1.29, 1.82) is 0 Å². The molecule has 1 unspecified atom stereocenters. The zero-order valence-electron chi connectivity index (χ0n) is 46.9. The van der Waals surface area contributed by atoms with Crippen LogP contribution in [0.5, 0.6) is 0 Å². The third kappa shape index (κ3) is 14.6. The summed E-state index contributed by atoms with van der Waals surface area (Å²) in [6.07, 6.45) is 7.49. The van der Waals surface area contributed by atoms with Gasteiger partial charge in [0.25, 0.3) is 0 Å². The Balaban J connectivity index is 0.858. The molecule has 0 saturated heterocycles. The number of sulfonamides is 3. The van der Waals surface area contributed by atoms with E-state index in [1.807, 2.05) is 29.5 Å². The van der Waals surface area contributed by atoms with Crippen LogP contribution in [0, 0.1) is 35.1 Å². The van der Waals surface area contributed by atoms with E-state index >= 15 is 13.2 Å². The molecule has 3 saturated carbocycles. The van der Waals surface area contributed by atoms with Crippen molar-refractivity contribution in [2.75, 3.05) is 39.0 Å². The number of nitrogens with zero attached hydrogens (tertiary/aromatic N) is 3. The fourth-order valence-corrected chi connectivity index (χ4v) is 20.5. The number of pyridine rings is 3. The monoisotopic (exact) mass is 1560 g/mol. The zero-order chi connectivity index (χ0) is 60.4. The van der Waals surface area contributed by atoms with Gasteiger partial charge in [-0.15, -0.1) is 0 Å². The molecule has 18 nitrogen and oxygen atoms in total. The first-order valence-corrected chi connectivity index (χ1v) is 38.5. The Kier molecular flexibility index (Phi) is 20.2. The van der Waals surface area contributed by atoms with E-state index in [1.54, 1.807) is 31.2 Å². The van der Waals surface area contributed by atoms with Crippen LogP contribution in [0.3, 0.4) is 0 Å². The summed E-state index contributed by atoms with van der Waals surface area (Å²) in [7, 11) is -7.01. The van der Waals surface area contributed by atoms with Crippen molar-refractivity contribution in [3.63, 3.8) is 0 Å². The van der Waals surface area contributed by atoms with Gasteiger partial charge in [-0.2, -0.15) is 0 Å². The number of hydrogen-bond acceptors (Lipinski definition) is 12. The van der Waals surface area contributed by atoms with E-state index < -0.39 is 111 Å². The topological polar surface area (TPSA) is 241 Å². The van der Waals surface area contributed by atoms with E-state index in [-0.39, 0.29) is 75.0 Å². The molecule has 3 aromatic carbocycles. The number of aryl methyl sites for hydroxylation is 2. The van der Waals surface area contributed by atoms with Crippen molar-refractivity contribution in [3.05, 3.63) is 149 Å². The van der Waals surface area contributed by atoms with Crippen LogP contribution < -0.4 is 89.2 Å². The molecule has 6 aromatic rings. The number of anilines is 9. The zero-order valence-corrected chi connectivity index (χ0v) is 55.8.